The zero-order valence-corrected chi connectivity index (χ0v) is 16.5. The van der Waals surface area contributed by atoms with Crippen LogP contribution in [0.25, 0.3) is 11.0 Å². The Labute approximate surface area is 164 Å². The molecule has 0 bridgehead atoms. The van der Waals surface area contributed by atoms with Gasteiger partial charge >= 0.3 is 7.12 Å². The van der Waals surface area contributed by atoms with Crippen molar-refractivity contribution in [3.05, 3.63) is 17.4 Å². The number of phenols is 2. The van der Waals surface area contributed by atoms with E-state index in [2.05, 4.69) is 20.8 Å². The van der Waals surface area contributed by atoms with Gasteiger partial charge in [-0.3, -0.25) is 0 Å². The van der Waals surface area contributed by atoms with Crippen LogP contribution in [-0.4, -0.2) is 33.7 Å². The number of aldehydes is 1. The summed E-state index contributed by atoms with van der Waals surface area (Å²) in [5.74, 6) is -0.633. The lowest BCUT2D eigenvalue weighted by molar-refractivity contribution is -0.109. The molecule has 2 aliphatic rings. The summed E-state index contributed by atoms with van der Waals surface area (Å²) in [5.41, 5.74) is 0.549. The van der Waals surface area contributed by atoms with E-state index < -0.39 is 24.5 Å². The molecular formula is C21H27BO6. The highest BCUT2D eigenvalue weighted by molar-refractivity contribution is 6.63. The summed E-state index contributed by atoms with van der Waals surface area (Å²) in [6.07, 6.45) is 5.53. The predicted octanol–water partition coefficient (Wildman–Crippen LogP) is 2.68. The molecule has 2 aromatic rings. The molecule has 3 unspecified atom stereocenters. The van der Waals surface area contributed by atoms with Gasteiger partial charge in [-0.05, 0) is 48.5 Å². The first kappa shape index (κ1) is 19.3. The zero-order chi connectivity index (χ0) is 20.4. The number of hydrogen-bond acceptors (Lipinski definition) is 6. The van der Waals surface area contributed by atoms with E-state index in [0.29, 0.717) is 23.5 Å². The molecule has 0 radical (unpaired) electrons. The van der Waals surface area contributed by atoms with Crippen LogP contribution in [-0.2, 0) is 10.2 Å². The van der Waals surface area contributed by atoms with E-state index in [1.54, 1.807) is 0 Å². The summed E-state index contributed by atoms with van der Waals surface area (Å²) in [5, 5.41) is 40.6. The summed E-state index contributed by atoms with van der Waals surface area (Å²) in [4.78, 5) is 11.9. The second-order valence-electron chi connectivity index (χ2n) is 9.38. The van der Waals surface area contributed by atoms with E-state index in [-0.39, 0.29) is 21.9 Å². The highest BCUT2D eigenvalue weighted by Crippen LogP contribution is 2.59. The topological polar surface area (TPSA) is 111 Å². The Bertz CT molecular complexity index is 946. The quantitative estimate of drug-likeness (QED) is 0.359. The van der Waals surface area contributed by atoms with Crippen molar-refractivity contribution < 1.29 is 29.5 Å². The van der Waals surface area contributed by atoms with E-state index in [4.69, 9.17) is 4.42 Å². The fourth-order valence-electron chi connectivity index (χ4n) is 6.08. The van der Waals surface area contributed by atoms with Crippen LogP contribution in [0.3, 0.4) is 0 Å². The van der Waals surface area contributed by atoms with Gasteiger partial charge in [-0.2, -0.15) is 0 Å². The van der Waals surface area contributed by atoms with Crippen molar-refractivity contribution in [1.29, 1.82) is 0 Å². The zero-order valence-electron chi connectivity index (χ0n) is 16.5. The molecule has 2 aliphatic carbocycles. The molecule has 1 aromatic carbocycles. The third-order valence-corrected chi connectivity index (χ3v) is 7.32. The molecule has 1 heterocycles. The molecule has 3 atom stereocenters. The number of carbonyl (C=O) groups excluding carboxylic acids is 1. The van der Waals surface area contributed by atoms with Crippen molar-refractivity contribution in [1.82, 2.24) is 0 Å². The maximum Gasteiger partial charge on any atom is 0.496 e. The van der Waals surface area contributed by atoms with Crippen molar-refractivity contribution in [3.63, 3.8) is 0 Å². The van der Waals surface area contributed by atoms with E-state index in [1.807, 2.05) is 0 Å². The molecule has 1 fully saturated rings. The van der Waals surface area contributed by atoms with Crippen molar-refractivity contribution in [2.24, 2.45) is 11.3 Å². The van der Waals surface area contributed by atoms with Gasteiger partial charge in [0.25, 0.3) is 0 Å². The molecular weight excluding hydrogens is 359 g/mol. The van der Waals surface area contributed by atoms with Crippen LogP contribution in [0.15, 0.2) is 10.5 Å². The molecule has 0 aliphatic heterocycles. The lowest BCUT2D eigenvalue weighted by atomic mass is 9.53. The Morgan fingerprint density at radius 2 is 1.89 bits per heavy atom. The van der Waals surface area contributed by atoms with Gasteiger partial charge in [0.15, 0.2) is 11.5 Å². The minimum atomic E-state index is -2.01. The summed E-state index contributed by atoms with van der Waals surface area (Å²) in [6.45, 7) is 6.73. The fraction of sp³-hybridized carbons (Fsp3) is 0.571. The van der Waals surface area contributed by atoms with Crippen LogP contribution >= 0.6 is 0 Å². The first-order valence-electron chi connectivity index (χ1n) is 9.95. The van der Waals surface area contributed by atoms with Gasteiger partial charge in [0, 0.05) is 10.9 Å². The lowest BCUT2D eigenvalue weighted by Crippen LogP contribution is -2.44. The lowest BCUT2D eigenvalue weighted by Gasteiger charge is -2.50. The maximum absolute atomic E-state index is 11.9. The summed E-state index contributed by atoms with van der Waals surface area (Å²) in [7, 11) is -2.01. The molecule has 1 aromatic heterocycles. The maximum atomic E-state index is 11.9. The summed E-state index contributed by atoms with van der Waals surface area (Å²) < 4.78 is 6.06. The van der Waals surface area contributed by atoms with Crippen LogP contribution in [0.2, 0.25) is 0 Å². The standard InChI is InChI=1S/C21H27BO6/c1-20(2)7-4-8-21(3)14(20)6-5-11(10-23)18-15(21)12-9-13(24)17(25)16(22(26)27)19(12)28-18/h9-11,14,24-27H,4-8H2,1-3H3. The molecule has 1 saturated carbocycles. The number of phenolic OH excluding ortho intramolecular Hbond substituents is 2. The number of fused-ring (bicyclic) bond motifs is 5. The molecule has 4 N–H and O–H groups in total. The highest BCUT2D eigenvalue weighted by atomic mass is 16.4. The third-order valence-electron chi connectivity index (χ3n) is 7.32. The normalized spacial score (nSPS) is 29.0. The minimum Gasteiger partial charge on any atom is -0.504 e. The number of rotatable bonds is 2. The SMILES string of the molecule is CC1(C)CCCC2(C)c3c(oc4c(B(O)O)c(O)c(O)cc34)C(C=O)CCC12. The van der Waals surface area contributed by atoms with Gasteiger partial charge in [-0.25, -0.2) is 0 Å². The Balaban J connectivity index is 2.10. The number of benzene rings is 1. The van der Waals surface area contributed by atoms with E-state index in [0.717, 1.165) is 37.5 Å². The smallest absolute Gasteiger partial charge is 0.496 e. The number of carbonyl (C=O) groups is 1. The molecule has 0 spiro atoms. The molecule has 7 heteroatoms. The Kier molecular flexibility index (Phi) is 4.32. The van der Waals surface area contributed by atoms with Gasteiger partial charge in [0.2, 0.25) is 0 Å². The molecule has 6 nitrogen and oxygen atoms in total. The van der Waals surface area contributed by atoms with Crippen LogP contribution < -0.4 is 5.46 Å². The second kappa shape index (κ2) is 6.26. The second-order valence-corrected chi connectivity index (χ2v) is 9.38. The van der Waals surface area contributed by atoms with Crippen LogP contribution in [0.5, 0.6) is 11.5 Å². The van der Waals surface area contributed by atoms with E-state index in [9.17, 15) is 25.1 Å². The van der Waals surface area contributed by atoms with Crippen molar-refractivity contribution in [3.8, 4) is 11.5 Å². The monoisotopic (exact) mass is 386 g/mol. The van der Waals surface area contributed by atoms with E-state index in [1.165, 1.54) is 6.07 Å². The largest absolute Gasteiger partial charge is 0.504 e. The van der Waals surface area contributed by atoms with Crippen molar-refractivity contribution in [2.75, 3.05) is 0 Å². The Morgan fingerprint density at radius 3 is 2.54 bits per heavy atom. The van der Waals surface area contributed by atoms with Gasteiger partial charge in [0.1, 0.15) is 17.6 Å². The van der Waals surface area contributed by atoms with Gasteiger partial charge in [0.05, 0.1) is 11.4 Å². The van der Waals surface area contributed by atoms with Crippen LogP contribution in [0, 0.1) is 11.3 Å². The third kappa shape index (κ3) is 2.52. The van der Waals surface area contributed by atoms with Crippen LogP contribution in [0.4, 0.5) is 0 Å². The first-order chi connectivity index (χ1) is 13.1. The van der Waals surface area contributed by atoms with Crippen molar-refractivity contribution >= 4 is 29.8 Å². The number of furan rings is 1. The summed E-state index contributed by atoms with van der Waals surface area (Å²) >= 11 is 0. The molecule has 4 rings (SSSR count). The molecule has 28 heavy (non-hydrogen) atoms. The number of hydrogen-bond donors (Lipinski definition) is 4. The van der Waals surface area contributed by atoms with E-state index >= 15 is 0 Å². The van der Waals surface area contributed by atoms with Gasteiger partial charge < -0.3 is 29.5 Å². The molecule has 0 saturated heterocycles. The first-order valence-corrected chi connectivity index (χ1v) is 9.95. The Hall–Kier alpha value is -1.99. The number of aromatic hydroxyl groups is 2. The Morgan fingerprint density at radius 1 is 1.18 bits per heavy atom. The average molecular weight is 386 g/mol. The fourth-order valence-corrected chi connectivity index (χ4v) is 6.08. The van der Waals surface area contributed by atoms with Gasteiger partial charge in [-0.1, -0.05) is 27.2 Å². The predicted molar refractivity (Wildman–Crippen MR) is 106 cm³/mol. The molecule has 150 valence electrons. The minimum absolute atomic E-state index is 0.0872. The van der Waals surface area contributed by atoms with Crippen molar-refractivity contribution in [2.45, 2.75) is 64.2 Å². The van der Waals surface area contributed by atoms with Gasteiger partial charge in [-0.15, -0.1) is 0 Å². The highest BCUT2D eigenvalue weighted by Gasteiger charge is 2.52. The summed E-state index contributed by atoms with van der Waals surface area (Å²) in [6, 6.07) is 1.43. The average Bonchev–Trinajstić information content (AvgIpc) is 2.90. The molecule has 0 amide bonds. The van der Waals surface area contributed by atoms with Crippen LogP contribution in [0.1, 0.15) is 70.1 Å².